The van der Waals surface area contributed by atoms with Crippen LogP contribution < -0.4 is 10.6 Å². The number of aryl methyl sites for hydroxylation is 1. The van der Waals surface area contributed by atoms with Crippen molar-refractivity contribution in [2.24, 2.45) is 0 Å². The van der Waals surface area contributed by atoms with Gasteiger partial charge >= 0.3 is 0 Å². The van der Waals surface area contributed by atoms with Crippen LogP contribution >= 0.6 is 0 Å². The topological polar surface area (TPSA) is 46.3 Å². The molecule has 0 radical (unpaired) electrons. The fraction of sp³-hybridized carbons (Fsp3) is 0.364. The van der Waals surface area contributed by atoms with Crippen molar-refractivity contribution in [3.05, 3.63) is 23.3 Å². The molecule has 0 atom stereocenters. The molecule has 1 aromatic rings. The van der Waals surface area contributed by atoms with E-state index in [0.717, 1.165) is 23.4 Å². The number of ketones is 1. The summed E-state index contributed by atoms with van der Waals surface area (Å²) >= 11 is 0. The van der Waals surface area contributed by atoms with Crippen molar-refractivity contribution in [3.63, 3.8) is 0 Å². The lowest BCUT2D eigenvalue weighted by Gasteiger charge is -2.28. The van der Waals surface area contributed by atoms with Gasteiger partial charge in [-0.2, -0.15) is 0 Å². The quantitative estimate of drug-likeness (QED) is 0.632. The summed E-state index contributed by atoms with van der Waals surface area (Å²) in [6.45, 7) is 2.79. The van der Waals surface area contributed by atoms with Gasteiger partial charge in [-0.25, -0.2) is 0 Å². The molecule has 0 saturated heterocycles. The fourth-order valence-corrected chi connectivity index (χ4v) is 2.04. The average molecular weight is 190 g/mol. The van der Waals surface area contributed by atoms with Crippen molar-refractivity contribution >= 4 is 17.2 Å². The molecular formula is C11H14N2O. The first-order chi connectivity index (χ1) is 6.59. The van der Waals surface area contributed by atoms with Crippen LogP contribution in [-0.2, 0) is 0 Å². The number of rotatable bonds is 0. The number of carbonyl (C=O) groups excluding carboxylic acids is 1. The van der Waals surface area contributed by atoms with Crippen molar-refractivity contribution in [2.45, 2.75) is 13.3 Å². The Morgan fingerprint density at radius 3 is 2.86 bits per heavy atom. The smallest absolute Gasteiger partial charge is 0.166 e. The molecule has 2 rings (SSSR count). The van der Waals surface area contributed by atoms with Gasteiger partial charge in [-0.15, -0.1) is 0 Å². The summed E-state index contributed by atoms with van der Waals surface area (Å²) in [7, 11) is 2.01. The van der Waals surface area contributed by atoms with E-state index in [1.165, 1.54) is 0 Å². The minimum Gasteiger partial charge on any atom is -0.399 e. The van der Waals surface area contributed by atoms with E-state index >= 15 is 0 Å². The molecule has 1 heterocycles. The van der Waals surface area contributed by atoms with Crippen LogP contribution in [0.2, 0.25) is 0 Å². The number of hydrogen-bond acceptors (Lipinski definition) is 3. The zero-order chi connectivity index (χ0) is 10.3. The first-order valence-electron chi connectivity index (χ1n) is 4.74. The summed E-state index contributed by atoms with van der Waals surface area (Å²) in [4.78, 5) is 13.8. The number of benzene rings is 1. The second-order valence-corrected chi connectivity index (χ2v) is 3.83. The van der Waals surface area contributed by atoms with Crippen LogP contribution in [-0.4, -0.2) is 19.4 Å². The van der Waals surface area contributed by atoms with Crippen molar-refractivity contribution in [1.29, 1.82) is 0 Å². The number of hydrogen-bond donors (Lipinski definition) is 1. The molecule has 0 saturated carbocycles. The SMILES string of the molecule is Cc1cc(N)cc2c1N(C)CCC2=O. The predicted octanol–water partition coefficient (Wildman–Crippen LogP) is 1.60. The van der Waals surface area contributed by atoms with Gasteiger partial charge in [0.15, 0.2) is 5.78 Å². The van der Waals surface area contributed by atoms with Crippen LogP contribution in [0.15, 0.2) is 12.1 Å². The summed E-state index contributed by atoms with van der Waals surface area (Å²) < 4.78 is 0. The third-order valence-electron chi connectivity index (χ3n) is 2.68. The minimum atomic E-state index is 0.202. The molecule has 14 heavy (non-hydrogen) atoms. The number of anilines is 2. The summed E-state index contributed by atoms with van der Waals surface area (Å²) in [5.74, 6) is 0.202. The maximum atomic E-state index is 11.7. The lowest BCUT2D eigenvalue weighted by atomic mass is 9.97. The van der Waals surface area contributed by atoms with Crippen molar-refractivity contribution in [3.8, 4) is 0 Å². The van der Waals surface area contributed by atoms with Gasteiger partial charge < -0.3 is 10.6 Å². The van der Waals surface area contributed by atoms with Gasteiger partial charge in [0.1, 0.15) is 0 Å². The molecule has 1 aliphatic rings. The molecule has 3 nitrogen and oxygen atoms in total. The zero-order valence-corrected chi connectivity index (χ0v) is 8.50. The molecule has 2 N–H and O–H groups in total. The third-order valence-corrected chi connectivity index (χ3v) is 2.68. The van der Waals surface area contributed by atoms with E-state index in [4.69, 9.17) is 5.73 Å². The van der Waals surface area contributed by atoms with E-state index in [-0.39, 0.29) is 5.78 Å². The Labute approximate surface area is 83.5 Å². The monoisotopic (exact) mass is 190 g/mol. The zero-order valence-electron chi connectivity index (χ0n) is 8.50. The van der Waals surface area contributed by atoms with Gasteiger partial charge in [-0.05, 0) is 24.6 Å². The van der Waals surface area contributed by atoms with Crippen LogP contribution in [0.25, 0.3) is 0 Å². The maximum Gasteiger partial charge on any atom is 0.166 e. The number of nitrogens with zero attached hydrogens (tertiary/aromatic N) is 1. The number of nitrogens with two attached hydrogens (primary N) is 1. The normalized spacial score (nSPS) is 15.6. The molecule has 74 valence electrons. The highest BCUT2D eigenvalue weighted by Gasteiger charge is 2.22. The van der Waals surface area contributed by atoms with E-state index in [9.17, 15) is 4.79 Å². The van der Waals surface area contributed by atoms with E-state index in [0.29, 0.717) is 12.1 Å². The summed E-state index contributed by atoms with van der Waals surface area (Å²) in [5, 5.41) is 0. The molecule has 0 bridgehead atoms. The number of fused-ring (bicyclic) bond motifs is 1. The molecular weight excluding hydrogens is 176 g/mol. The lowest BCUT2D eigenvalue weighted by Crippen LogP contribution is -2.29. The van der Waals surface area contributed by atoms with E-state index in [2.05, 4.69) is 4.90 Å². The van der Waals surface area contributed by atoms with Crippen LogP contribution in [0.4, 0.5) is 11.4 Å². The first kappa shape index (κ1) is 9.06. The Bertz CT molecular complexity index is 399. The van der Waals surface area contributed by atoms with Crippen LogP contribution in [0.3, 0.4) is 0 Å². The predicted molar refractivity (Wildman–Crippen MR) is 57.8 cm³/mol. The second-order valence-electron chi connectivity index (χ2n) is 3.83. The van der Waals surface area contributed by atoms with E-state index in [1.54, 1.807) is 6.07 Å². The van der Waals surface area contributed by atoms with Gasteiger partial charge in [0.25, 0.3) is 0 Å². The third kappa shape index (κ3) is 1.25. The van der Waals surface area contributed by atoms with Gasteiger partial charge in [-0.1, -0.05) is 0 Å². The van der Waals surface area contributed by atoms with E-state index < -0.39 is 0 Å². The standard InChI is InChI=1S/C11H14N2O/c1-7-5-8(12)6-9-10(14)3-4-13(2)11(7)9/h5-6H,3-4,12H2,1-2H3. The minimum absolute atomic E-state index is 0.202. The highest BCUT2D eigenvalue weighted by Crippen LogP contribution is 2.31. The Morgan fingerprint density at radius 2 is 2.14 bits per heavy atom. The van der Waals surface area contributed by atoms with Crippen molar-refractivity contribution < 1.29 is 4.79 Å². The number of carbonyl (C=O) groups is 1. The number of Topliss-reactive ketones (excluding diaryl/α,β-unsaturated/α-hetero) is 1. The Kier molecular flexibility index (Phi) is 1.95. The lowest BCUT2D eigenvalue weighted by molar-refractivity contribution is 0.0980. The maximum absolute atomic E-state index is 11.7. The van der Waals surface area contributed by atoms with Crippen LogP contribution in [0, 0.1) is 6.92 Å². The van der Waals surface area contributed by atoms with Gasteiger partial charge in [0, 0.05) is 31.3 Å². The summed E-state index contributed by atoms with van der Waals surface area (Å²) in [6, 6.07) is 3.69. The number of nitrogen functional groups attached to an aromatic ring is 1. The second kappa shape index (κ2) is 3.01. The molecule has 0 aliphatic carbocycles. The molecule has 1 aliphatic heterocycles. The van der Waals surface area contributed by atoms with Crippen molar-refractivity contribution in [2.75, 3.05) is 24.2 Å². The fourth-order valence-electron chi connectivity index (χ4n) is 2.04. The van der Waals surface area contributed by atoms with Crippen molar-refractivity contribution in [1.82, 2.24) is 0 Å². The van der Waals surface area contributed by atoms with Gasteiger partial charge in [-0.3, -0.25) is 4.79 Å². The van der Waals surface area contributed by atoms with Crippen LogP contribution in [0.1, 0.15) is 22.3 Å². The molecule has 0 spiro atoms. The molecule has 1 aromatic carbocycles. The summed E-state index contributed by atoms with van der Waals surface area (Å²) in [5.41, 5.74) is 9.28. The highest BCUT2D eigenvalue weighted by molar-refractivity contribution is 6.04. The molecule has 3 heteroatoms. The molecule has 0 aromatic heterocycles. The Balaban J connectivity index is 2.66. The van der Waals surface area contributed by atoms with Gasteiger partial charge in [0.2, 0.25) is 0 Å². The average Bonchev–Trinajstić information content (AvgIpc) is 2.10. The van der Waals surface area contributed by atoms with Gasteiger partial charge in [0.05, 0.1) is 5.69 Å². The van der Waals surface area contributed by atoms with Crippen LogP contribution in [0.5, 0.6) is 0 Å². The summed E-state index contributed by atoms with van der Waals surface area (Å²) in [6.07, 6.45) is 0.590. The molecule has 0 unspecified atom stereocenters. The largest absolute Gasteiger partial charge is 0.399 e. The van der Waals surface area contributed by atoms with E-state index in [1.807, 2.05) is 20.0 Å². The Morgan fingerprint density at radius 1 is 1.43 bits per heavy atom. The Hall–Kier alpha value is -1.51. The highest BCUT2D eigenvalue weighted by atomic mass is 16.1. The molecule has 0 fully saturated rings. The molecule has 0 amide bonds. The first-order valence-corrected chi connectivity index (χ1v) is 4.74.